The van der Waals surface area contributed by atoms with Crippen LogP contribution in [0.15, 0.2) is 45.6 Å². The molecule has 3 heterocycles. The maximum atomic E-state index is 5.40. The monoisotopic (exact) mass is 421 g/mol. The van der Waals surface area contributed by atoms with Crippen molar-refractivity contribution in [2.75, 3.05) is 6.79 Å². The van der Waals surface area contributed by atoms with Crippen LogP contribution in [0.3, 0.4) is 0 Å². The number of hydrogen-bond acceptors (Lipinski definition) is 4. The highest BCUT2D eigenvalue weighted by molar-refractivity contribution is 9.11. The van der Waals surface area contributed by atoms with Crippen LogP contribution in [0.1, 0.15) is 0 Å². The number of H-pyrrole nitrogens is 1. The molecular weight excluding hydrogens is 414 g/mol. The minimum Gasteiger partial charge on any atom is -0.454 e. The lowest BCUT2D eigenvalue weighted by atomic mass is 10.1. The lowest BCUT2D eigenvalue weighted by Gasteiger charge is -2.00. The summed E-state index contributed by atoms with van der Waals surface area (Å²) in [5.74, 6) is 1.51. The number of nitrogens with zero attached hydrogens (tertiary/aromatic N) is 2. The molecule has 5 nitrogen and oxygen atoms in total. The van der Waals surface area contributed by atoms with Gasteiger partial charge in [-0.2, -0.15) is 5.10 Å². The number of benzene rings is 1. The molecule has 0 bridgehead atoms. The van der Waals surface area contributed by atoms with E-state index in [2.05, 4.69) is 47.0 Å². The topological polar surface area (TPSA) is 60.0 Å². The van der Waals surface area contributed by atoms with Crippen LogP contribution in [0.25, 0.3) is 22.5 Å². The molecule has 1 aliphatic rings. The molecular formula is C15H9Br2N3O2. The van der Waals surface area contributed by atoms with Crippen molar-refractivity contribution >= 4 is 31.9 Å². The van der Waals surface area contributed by atoms with Gasteiger partial charge in [0.15, 0.2) is 11.5 Å². The number of aromatic nitrogens is 3. The van der Waals surface area contributed by atoms with Gasteiger partial charge in [0.1, 0.15) is 9.21 Å². The number of pyridine rings is 1. The van der Waals surface area contributed by atoms with Crippen molar-refractivity contribution in [1.29, 1.82) is 0 Å². The fourth-order valence-corrected chi connectivity index (χ4v) is 3.41. The van der Waals surface area contributed by atoms with Crippen molar-refractivity contribution in [1.82, 2.24) is 15.2 Å². The van der Waals surface area contributed by atoms with E-state index in [1.54, 1.807) is 0 Å². The summed E-state index contributed by atoms with van der Waals surface area (Å²) in [5.41, 5.74) is 3.72. The Morgan fingerprint density at radius 2 is 1.68 bits per heavy atom. The molecule has 0 spiro atoms. The maximum absolute atomic E-state index is 5.40. The normalized spacial score (nSPS) is 12.6. The molecule has 1 aliphatic heterocycles. The van der Waals surface area contributed by atoms with Crippen LogP contribution in [-0.4, -0.2) is 22.0 Å². The summed E-state index contributed by atoms with van der Waals surface area (Å²) in [7, 11) is 0. The summed E-state index contributed by atoms with van der Waals surface area (Å²) >= 11 is 6.78. The Balaban J connectivity index is 1.72. The molecule has 0 radical (unpaired) electrons. The lowest BCUT2D eigenvalue weighted by Crippen LogP contribution is -1.92. The van der Waals surface area contributed by atoms with Crippen molar-refractivity contribution in [3.63, 3.8) is 0 Å². The van der Waals surface area contributed by atoms with E-state index in [9.17, 15) is 0 Å². The van der Waals surface area contributed by atoms with Gasteiger partial charge in [-0.3, -0.25) is 5.10 Å². The summed E-state index contributed by atoms with van der Waals surface area (Å²) in [6.07, 6.45) is 0. The molecule has 7 heteroatoms. The first-order valence-electron chi connectivity index (χ1n) is 6.48. The summed E-state index contributed by atoms with van der Waals surface area (Å²) < 4.78 is 12.2. The van der Waals surface area contributed by atoms with Gasteiger partial charge < -0.3 is 9.47 Å². The Kier molecular flexibility index (Phi) is 3.38. The van der Waals surface area contributed by atoms with Gasteiger partial charge in [0.2, 0.25) is 6.79 Å². The quantitative estimate of drug-likeness (QED) is 0.622. The Bertz CT molecular complexity index is 843. The lowest BCUT2D eigenvalue weighted by molar-refractivity contribution is 0.174. The molecule has 0 amide bonds. The van der Waals surface area contributed by atoms with E-state index in [-0.39, 0.29) is 6.79 Å². The molecule has 0 saturated heterocycles. The van der Waals surface area contributed by atoms with E-state index in [4.69, 9.17) is 9.47 Å². The van der Waals surface area contributed by atoms with Crippen LogP contribution in [-0.2, 0) is 0 Å². The summed E-state index contributed by atoms with van der Waals surface area (Å²) in [5, 5.41) is 7.43. The molecule has 0 atom stereocenters. The maximum Gasteiger partial charge on any atom is 0.231 e. The summed E-state index contributed by atoms with van der Waals surface area (Å²) in [6.45, 7) is 0.268. The molecule has 1 aromatic carbocycles. The standard InChI is InChI=1S/C15H9Br2N3O2/c16-14-4-9(5-15(17)18-14)11-6-10(19-20-11)8-1-2-12-13(3-8)22-7-21-12/h1-6H,7H2,(H,19,20). The zero-order valence-electron chi connectivity index (χ0n) is 11.1. The third kappa shape index (κ3) is 2.50. The van der Waals surface area contributed by atoms with E-state index in [0.717, 1.165) is 43.2 Å². The molecule has 0 fully saturated rings. The number of hydrogen-bond donors (Lipinski definition) is 1. The number of rotatable bonds is 2. The molecule has 3 aromatic rings. The molecule has 0 saturated carbocycles. The van der Waals surface area contributed by atoms with Gasteiger partial charge in [-0.15, -0.1) is 0 Å². The SMILES string of the molecule is Brc1cc(-c2cc(-c3ccc4c(c3)OCO4)n[nH]2)cc(Br)n1. The van der Waals surface area contributed by atoms with Gasteiger partial charge >= 0.3 is 0 Å². The molecule has 110 valence electrons. The van der Waals surface area contributed by atoms with Crippen molar-refractivity contribution < 1.29 is 9.47 Å². The van der Waals surface area contributed by atoms with Crippen LogP contribution in [0.4, 0.5) is 0 Å². The number of aromatic amines is 1. The first-order chi connectivity index (χ1) is 10.7. The smallest absolute Gasteiger partial charge is 0.231 e. The average Bonchev–Trinajstić information content (AvgIpc) is 3.14. The molecule has 2 aromatic heterocycles. The largest absolute Gasteiger partial charge is 0.454 e. The first-order valence-corrected chi connectivity index (χ1v) is 8.06. The Morgan fingerprint density at radius 1 is 0.909 bits per heavy atom. The first kappa shape index (κ1) is 13.8. The van der Waals surface area contributed by atoms with Gasteiger partial charge in [-0.1, -0.05) is 0 Å². The predicted molar refractivity (Wildman–Crippen MR) is 88.8 cm³/mol. The highest BCUT2D eigenvalue weighted by Crippen LogP contribution is 2.36. The second-order valence-corrected chi connectivity index (χ2v) is 6.36. The van der Waals surface area contributed by atoms with Gasteiger partial charge in [0, 0.05) is 11.1 Å². The van der Waals surface area contributed by atoms with Crippen molar-refractivity contribution in [2.45, 2.75) is 0 Å². The zero-order valence-corrected chi connectivity index (χ0v) is 14.3. The van der Waals surface area contributed by atoms with Crippen LogP contribution >= 0.6 is 31.9 Å². The van der Waals surface area contributed by atoms with Crippen LogP contribution in [0.2, 0.25) is 0 Å². The molecule has 4 rings (SSSR count). The van der Waals surface area contributed by atoms with Crippen LogP contribution in [0.5, 0.6) is 11.5 Å². The average molecular weight is 423 g/mol. The highest BCUT2D eigenvalue weighted by atomic mass is 79.9. The third-order valence-corrected chi connectivity index (χ3v) is 4.13. The number of ether oxygens (including phenoxy) is 2. The zero-order chi connectivity index (χ0) is 15.1. The molecule has 22 heavy (non-hydrogen) atoms. The van der Waals surface area contributed by atoms with E-state index in [1.807, 2.05) is 36.4 Å². The van der Waals surface area contributed by atoms with E-state index < -0.39 is 0 Å². The van der Waals surface area contributed by atoms with Crippen LogP contribution < -0.4 is 9.47 Å². The van der Waals surface area contributed by atoms with Crippen molar-refractivity contribution in [3.05, 3.63) is 45.6 Å². The fraction of sp³-hybridized carbons (Fsp3) is 0.0667. The minimum atomic E-state index is 0.268. The van der Waals surface area contributed by atoms with Crippen LogP contribution in [0, 0.1) is 0 Å². The molecule has 1 N–H and O–H groups in total. The number of fused-ring (bicyclic) bond motifs is 1. The van der Waals surface area contributed by atoms with Gasteiger partial charge in [-0.25, -0.2) is 4.98 Å². The van der Waals surface area contributed by atoms with Gasteiger partial charge in [0.05, 0.1) is 11.4 Å². The van der Waals surface area contributed by atoms with Crippen molar-refractivity contribution in [3.8, 4) is 34.0 Å². The fourth-order valence-electron chi connectivity index (χ4n) is 2.29. The predicted octanol–water partition coefficient (Wildman–Crippen LogP) is 4.39. The summed E-state index contributed by atoms with van der Waals surface area (Å²) in [6, 6.07) is 11.6. The molecule has 0 unspecified atom stereocenters. The third-order valence-electron chi connectivity index (χ3n) is 3.32. The van der Waals surface area contributed by atoms with Gasteiger partial charge in [-0.05, 0) is 68.3 Å². The highest BCUT2D eigenvalue weighted by Gasteiger charge is 2.15. The van der Waals surface area contributed by atoms with E-state index in [0.29, 0.717) is 0 Å². The van der Waals surface area contributed by atoms with Crippen molar-refractivity contribution in [2.24, 2.45) is 0 Å². The second kappa shape index (κ2) is 5.40. The molecule has 0 aliphatic carbocycles. The second-order valence-electron chi connectivity index (χ2n) is 4.74. The van der Waals surface area contributed by atoms with E-state index in [1.165, 1.54) is 0 Å². The Morgan fingerprint density at radius 3 is 2.50 bits per heavy atom. The Labute approximate surface area is 142 Å². The van der Waals surface area contributed by atoms with Gasteiger partial charge in [0.25, 0.3) is 0 Å². The minimum absolute atomic E-state index is 0.268. The number of nitrogens with one attached hydrogen (secondary N) is 1. The Hall–Kier alpha value is -1.86. The summed E-state index contributed by atoms with van der Waals surface area (Å²) in [4.78, 5) is 4.23. The van der Waals surface area contributed by atoms with E-state index >= 15 is 0 Å². The number of halogens is 2.